The molecule has 0 aliphatic heterocycles. The van der Waals surface area contributed by atoms with Gasteiger partial charge in [-0.2, -0.15) is 0 Å². The van der Waals surface area contributed by atoms with Crippen molar-refractivity contribution in [3.8, 4) is 0 Å². The largest absolute Gasteiger partial charge is 0.376 e. The molecule has 0 N–H and O–H groups in total. The maximum Gasteiger partial charge on any atom is 0.0717 e. The number of benzene rings is 1. The van der Waals surface area contributed by atoms with Gasteiger partial charge in [-0.15, -0.1) is 0 Å². The van der Waals surface area contributed by atoms with E-state index >= 15 is 0 Å². The molecule has 2 atom stereocenters. The normalized spacial score (nSPS) is 24.9. The Morgan fingerprint density at radius 3 is 2.47 bits per heavy atom. The Balaban J connectivity index is 1.67. The van der Waals surface area contributed by atoms with E-state index in [-0.39, 0.29) is 0 Å². The lowest BCUT2D eigenvalue weighted by molar-refractivity contribution is 0.0316. The average molecular weight is 269 g/mol. The number of hydrogen-bond acceptors (Lipinski definition) is 1. The number of alkyl halides is 1. The minimum absolute atomic E-state index is 0.756. The number of rotatable bonds is 5. The number of hydrogen-bond donors (Lipinski definition) is 0. The van der Waals surface area contributed by atoms with Gasteiger partial charge in [0.1, 0.15) is 0 Å². The number of ether oxygens (including phenoxy) is 1. The van der Waals surface area contributed by atoms with Gasteiger partial charge in [0.15, 0.2) is 0 Å². The Hall–Kier alpha value is -0.340. The second-order valence-corrected chi connectivity index (χ2v) is 4.90. The van der Waals surface area contributed by atoms with Crippen LogP contribution in [0.1, 0.15) is 18.4 Å². The Morgan fingerprint density at radius 1 is 1.13 bits per heavy atom. The van der Waals surface area contributed by atoms with Crippen molar-refractivity contribution in [3.05, 3.63) is 35.9 Å². The summed E-state index contributed by atoms with van der Waals surface area (Å²) < 4.78 is 5.73. The predicted octanol–water partition coefficient (Wildman–Crippen LogP) is 3.62. The Bertz CT molecular complexity index is 284. The first-order valence-electron chi connectivity index (χ1n) is 5.58. The van der Waals surface area contributed by atoms with E-state index in [0.29, 0.717) is 0 Å². The summed E-state index contributed by atoms with van der Waals surface area (Å²) in [6, 6.07) is 10.4. The van der Waals surface area contributed by atoms with E-state index in [0.717, 1.165) is 30.4 Å². The third-order valence-electron chi connectivity index (χ3n) is 3.22. The van der Waals surface area contributed by atoms with Crippen molar-refractivity contribution in [1.29, 1.82) is 0 Å². The summed E-state index contributed by atoms with van der Waals surface area (Å²) in [5.41, 5.74) is 1.27. The first kappa shape index (κ1) is 11.2. The van der Waals surface area contributed by atoms with Crippen LogP contribution in [-0.4, -0.2) is 11.9 Å². The number of halogens is 1. The third-order valence-corrected chi connectivity index (χ3v) is 4.05. The molecule has 15 heavy (non-hydrogen) atoms. The maximum absolute atomic E-state index is 5.73. The summed E-state index contributed by atoms with van der Waals surface area (Å²) in [4.78, 5) is 0. The lowest BCUT2D eigenvalue weighted by Gasteiger charge is -2.35. The van der Waals surface area contributed by atoms with Crippen molar-refractivity contribution in [3.63, 3.8) is 0 Å². The maximum atomic E-state index is 5.73. The first-order valence-corrected chi connectivity index (χ1v) is 6.70. The molecule has 1 saturated carbocycles. The molecule has 0 heterocycles. The molecule has 1 nitrogen and oxygen atoms in total. The van der Waals surface area contributed by atoms with Gasteiger partial charge in [0.2, 0.25) is 0 Å². The fourth-order valence-electron chi connectivity index (χ4n) is 1.96. The van der Waals surface area contributed by atoms with Gasteiger partial charge in [0.25, 0.3) is 0 Å². The molecule has 1 fully saturated rings. The molecular weight excluding hydrogens is 252 g/mol. The smallest absolute Gasteiger partial charge is 0.0717 e. The van der Waals surface area contributed by atoms with Crippen molar-refractivity contribution < 1.29 is 4.74 Å². The molecule has 2 heteroatoms. The molecule has 2 unspecified atom stereocenters. The second kappa shape index (κ2) is 5.66. The fourth-order valence-corrected chi connectivity index (χ4v) is 2.82. The topological polar surface area (TPSA) is 9.23 Å². The van der Waals surface area contributed by atoms with Gasteiger partial charge in [-0.1, -0.05) is 46.3 Å². The first-order chi connectivity index (χ1) is 7.40. The highest BCUT2D eigenvalue weighted by Gasteiger charge is 2.29. The van der Waals surface area contributed by atoms with Gasteiger partial charge in [-0.05, 0) is 30.2 Å². The summed E-state index contributed by atoms with van der Waals surface area (Å²) in [5, 5.41) is 1.13. The van der Waals surface area contributed by atoms with Crippen LogP contribution in [0.4, 0.5) is 0 Å². The van der Waals surface area contributed by atoms with E-state index in [1.54, 1.807) is 0 Å². The van der Waals surface area contributed by atoms with Crippen LogP contribution in [0.3, 0.4) is 0 Å². The molecule has 1 aliphatic carbocycles. The molecule has 0 bridgehead atoms. The summed E-state index contributed by atoms with van der Waals surface area (Å²) in [6.45, 7) is 1.68. The van der Waals surface area contributed by atoms with Gasteiger partial charge in [-0.3, -0.25) is 0 Å². The quantitative estimate of drug-likeness (QED) is 0.742. The summed E-state index contributed by atoms with van der Waals surface area (Å²) in [6.07, 6.45) is 2.70. The van der Waals surface area contributed by atoms with E-state index in [4.69, 9.17) is 4.74 Å². The molecule has 1 aromatic rings. The summed E-state index contributed by atoms with van der Waals surface area (Å²) in [5.74, 6) is 1.63. The van der Waals surface area contributed by atoms with Crippen LogP contribution in [0.15, 0.2) is 30.3 Å². The van der Waals surface area contributed by atoms with Gasteiger partial charge < -0.3 is 4.74 Å². The molecule has 2 rings (SSSR count). The summed E-state index contributed by atoms with van der Waals surface area (Å²) >= 11 is 3.55. The van der Waals surface area contributed by atoms with Crippen LogP contribution in [0.2, 0.25) is 0 Å². The zero-order valence-corrected chi connectivity index (χ0v) is 10.4. The molecule has 0 radical (unpaired) electrons. The van der Waals surface area contributed by atoms with E-state index in [1.807, 2.05) is 6.07 Å². The highest BCUT2D eigenvalue weighted by atomic mass is 79.9. The minimum atomic E-state index is 0.756. The van der Waals surface area contributed by atoms with Crippen LogP contribution in [0.5, 0.6) is 0 Å². The van der Waals surface area contributed by atoms with E-state index < -0.39 is 0 Å². The Labute approximate surface area is 100.0 Å². The van der Waals surface area contributed by atoms with Crippen LogP contribution < -0.4 is 0 Å². The third kappa shape index (κ3) is 3.05. The predicted molar refractivity (Wildman–Crippen MR) is 66.1 cm³/mol. The standard InChI is InChI=1S/C13H17BrO/c14-8-12-6-7-13(12)10-15-9-11-4-2-1-3-5-11/h1-5,12-13H,6-10H2. The Kier molecular flexibility index (Phi) is 4.21. The van der Waals surface area contributed by atoms with Crippen molar-refractivity contribution in [2.24, 2.45) is 11.8 Å². The lowest BCUT2D eigenvalue weighted by Crippen LogP contribution is -2.30. The summed E-state index contributed by atoms with van der Waals surface area (Å²) in [7, 11) is 0. The van der Waals surface area contributed by atoms with E-state index in [2.05, 4.69) is 40.2 Å². The monoisotopic (exact) mass is 268 g/mol. The fraction of sp³-hybridized carbons (Fsp3) is 0.538. The van der Waals surface area contributed by atoms with E-state index in [9.17, 15) is 0 Å². The van der Waals surface area contributed by atoms with Gasteiger partial charge in [0, 0.05) is 5.33 Å². The van der Waals surface area contributed by atoms with Crippen molar-refractivity contribution in [2.45, 2.75) is 19.4 Å². The van der Waals surface area contributed by atoms with Crippen molar-refractivity contribution in [2.75, 3.05) is 11.9 Å². The SMILES string of the molecule is BrCC1CCC1COCc1ccccc1. The zero-order valence-electron chi connectivity index (χ0n) is 8.86. The van der Waals surface area contributed by atoms with Gasteiger partial charge in [0.05, 0.1) is 13.2 Å². The molecule has 0 amide bonds. The molecule has 0 saturated heterocycles. The minimum Gasteiger partial charge on any atom is -0.376 e. The Morgan fingerprint density at radius 2 is 1.87 bits per heavy atom. The molecule has 1 aliphatic rings. The van der Waals surface area contributed by atoms with Crippen LogP contribution in [-0.2, 0) is 11.3 Å². The van der Waals surface area contributed by atoms with Gasteiger partial charge >= 0.3 is 0 Å². The molecule has 1 aromatic carbocycles. The van der Waals surface area contributed by atoms with Crippen LogP contribution >= 0.6 is 15.9 Å². The van der Waals surface area contributed by atoms with Crippen LogP contribution in [0, 0.1) is 11.8 Å². The van der Waals surface area contributed by atoms with Gasteiger partial charge in [-0.25, -0.2) is 0 Å². The molecule has 0 spiro atoms. The molecule has 0 aromatic heterocycles. The van der Waals surface area contributed by atoms with Crippen molar-refractivity contribution >= 4 is 15.9 Å². The highest BCUT2D eigenvalue weighted by Crippen LogP contribution is 2.35. The highest BCUT2D eigenvalue weighted by molar-refractivity contribution is 9.09. The molecular formula is C13H17BrO. The van der Waals surface area contributed by atoms with Crippen molar-refractivity contribution in [1.82, 2.24) is 0 Å². The lowest BCUT2D eigenvalue weighted by atomic mass is 9.75. The average Bonchev–Trinajstić information content (AvgIpc) is 2.25. The molecule has 82 valence electrons. The van der Waals surface area contributed by atoms with E-state index in [1.165, 1.54) is 18.4 Å². The van der Waals surface area contributed by atoms with Crippen LogP contribution in [0.25, 0.3) is 0 Å². The zero-order chi connectivity index (χ0) is 10.5. The second-order valence-electron chi connectivity index (χ2n) is 4.25.